The number of halogens is 1. The minimum absolute atomic E-state index is 0.479. The average molecular weight is 278 g/mol. The van der Waals surface area contributed by atoms with Crippen LogP contribution in [0.2, 0.25) is 0 Å². The van der Waals surface area contributed by atoms with Gasteiger partial charge in [-0.15, -0.1) is 0 Å². The third-order valence-electron chi connectivity index (χ3n) is 2.25. The number of nitrogens with zero attached hydrogens (tertiary/aromatic N) is 1. The molecule has 2 rings (SSSR count). The van der Waals surface area contributed by atoms with Crippen molar-refractivity contribution in [2.45, 2.75) is 6.54 Å². The van der Waals surface area contributed by atoms with Crippen LogP contribution in [0.1, 0.15) is 5.56 Å². The third-order valence-corrected chi connectivity index (χ3v) is 2.78. The van der Waals surface area contributed by atoms with Crippen molar-refractivity contribution in [3.05, 3.63) is 52.8 Å². The van der Waals surface area contributed by atoms with Gasteiger partial charge in [-0.25, -0.2) is 0 Å². The molecule has 0 amide bonds. The highest BCUT2D eigenvalue weighted by Gasteiger charge is 2.00. The van der Waals surface area contributed by atoms with Crippen molar-refractivity contribution in [2.75, 3.05) is 5.32 Å². The fourth-order valence-electron chi connectivity index (χ4n) is 1.40. The molecule has 0 aliphatic rings. The van der Waals surface area contributed by atoms with E-state index in [4.69, 9.17) is 5.73 Å². The Morgan fingerprint density at radius 2 is 1.94 bits per heavy atom. The minimum atomic E-state index is 0.479. The summed E-state index contributed by atoms with van der Waals surface area (Å²) >= 11 is 3.40. The van der Waals surface area contributed by atoms with E-state index in [1.54, 1.807) is 12.4 Å². The van der Waals surface area contributed by atoms with Crippen LogP contribution in [-0.2, 0) is 6.54 Å². The summed E-state index contributed by atoms with van der Waals surface area (Å²) in [7, 11) is 0. The molecule has 0 saturated heterocycles. The number of pyridine rings is 1. The Hall–Kier alpha value is -1.39. The number of hydrogen-bond acceptors (Lipinski definition) is 3. The Balaban J connectivity index is 2.23. The number of benzene rings is 1. The molecular formula is C12H12BrN3. The summed E-state index contributed by atoms with van der Waals surface area (Å²) in [6.45, 7) is 0.479. The van der Waals surface area contributed by atoms with Gasteiger partial charge < -0.3 is 11.1 Å². The van der Waals surface area contributed by atoms with Gasteiger partial charge in [0.05, 0.1) is 0 Å². The number of aromatic nitrogens is 1. The fourth-order valence-corrected chi connectivity index (χ4v) is 1.66. The van der Waals surface area contributed by atoms with Gasteiger partial charge in [-0.1, -0.05) is 15.9 Å². The lowest BCUT2D eigenvalue weighted by Crippen LogP contribution is -2.02. The quantitative estimate of drug-likeness (QED) is 0.907. The van der Waals surface area contributed by atoms with Crippen molar-refractivity contribution in [3.8, 4) is 0 Å². The van der Waals surface area contributed by atoms with E-state index in [1.807, 2.05) is 30.3 Å². The van der Waals surface area contributed by atoms with Gasteiger partial charge in [-0.2, -0.15) is 0 Å². The van der Waals surface area contributed by atoms with Crippen molar-refractivity contribution in [3.63, 3.8) is 0 Å². The molecule has 1 aromatic heterocycles. The predicted molar refractivity (Wildman–Crippen MR) is 69.6 cm³/mol. The van der Waals surface area contributed by atoms with E-state index in [1.165, 1.54) is 0 Å². The minimum Gasteiger partial charge on any atom is -0.355 e. The van der Waals surface area contributed by atoms with Crippen LogP contribution in [0.4, 0.5) is 11.4 Å². The molecular weight excluding hydrogens is 266 g/mol. The largest absolute Gasteiger partial charge is 0.355 e. The van der Waals surface area contributed by atoms with Gasteiger partial charge in [0.25, 0.3) is 0 Å². The number of rotatable bonds is 3. The number of nitrogens with one attached hydrogen (secondary N) is 1. The summed E-state index contributed by atoms with van der Waals surface area (Å²) in [6, 6.07) is 9.91. The van der Waals surface area contributed by atoms with Crippen molar-refractivity contribution in [1.82, 2.24) is 4.98 Å². The first kappa shape index (κ1) is 11.1. The number of hydrogen-bond donors (Lipinski definition) is 2. The van der Waals surface area contributed by atoms with Gasteiger partial charge in [0.15, 0.2) is 0 Å². The molecule has 1 aromatic carbocycles. The lowest BCUT2D eigenvalue weighted by Gasteiger charge is -2.10. The molecule has 3 nitrogen and oxygen atoms in total. The van der Waals surface area contributed by atoms with E-state index >= 15 is 0 Å². The Labute approximate surface area is 103 Å². The van der Waals surface area contributed by atoms with Crippen LogP contribution in [0, 0.1) is 0 Å². The zero-order valence-electron chi connectivity index (χ0n) is 8.65. The van der Waals surface area contributed by atoms with E-state index in [9.17, 15) is 0 Å². The highest BCUT2D eigenvalue weighted by Crippen LogP contribution is 2.21. The molecule has 4 heteroatoms. The maximum Gasteiger partial charge on any atom is 0.0460 e. The molecule has 82 valence electrons. The first-order valence-corrected chi connectivity index (χ1v) is 5.74. The second kappa shape index (κ2) is 5.09. The van der Waals surface area contributed by atoms with Crippen LogP contribution in [0.5, 0.6) is 0 Å². The lowest BCUT2D eigenvalue weighted by atomic mass is 10.2. The maximum absolute atomic E-state index is 5.64. The lowest BCUT2D eigenvalue weighted by molar-refractivity contribution is 1.05. The smallest absolute Gasteiger partial charge is 0.0460 e. The Kier molecular flexibility index (Phi) is 3.54. The van der Waals surface area contributed by atoms with Crippen molar-refractivity contribution >= 4 is 27.3 Å². The summed E-state index contributed by atoms with van der Waals surface area (Å²) in [4.78, 5) is 4.04. The molecule has 2 aromatic rings. The standard InChI is InChI=1S/C12H12BrN3/c13-10-1-3-11(4-2-10)16-12-5-6-15-8-9(12)7-14/h1-6,8H,7,14H2,(H,15,16). The molecule has 1 heterocycles. The number of anilines is 2. The second-order valence-electron chi connectivity index (χ2n) is 3.37. The summed E-state index contributed by atoms with van der Waals surface area (Å²) < 4.78 is 1.06. The van der Waals surface area contributed by atoms with E-state index < -0.39 is 0 Å². The van der Waals surface area contributed by atoms with Gasteiger partial charge in [0, 0.05) is 40.3 Å². The van der Waals surface area contributed by atoms with Gasteiger partial charge in [0.2, 0.25) is 0 Å². The van der Waals surface area contributed by atoms with E-state index in [0.29, 0.717) is 6.54 Å². The normalized spacial score (nSPS) is 10.1. The molecule has 0 spiro atoms. The maximum atomic E-state index is 5.64. The van der Waals surface area contributed by atoms with Gasteiger partial charge in [-0.05, 0) is 30.3 Å². The Morgan fingerprint density at radius 1 is 1.19 bits per heavy atom. The number of nitrogens with two attached hydrogens (primary N) is 1. The molecule has 0 saturated carbocycles. The van der Waals surface area contributed by atoms with Crippen LogP contribution < -0.4 is 11.1 Å². The zero-order valence-corrected chi connectivity index (χ0v) is 10.2. The average Bonchev–Trinajstić information content (AvgIpc) is 2.33. The summed E-state index contributed by atoms with van der Waals surface area (Å²) in [5, 5.41) is 3.31. The van der Waals surface area contributed by atoms with Crippen molar-refractivity contribution in [2.24, 2.45) is 5.73 Å². The fraction of sp³-hybridized carbons (Fsp3) is 0.0833. The SMILES string of the molecule is NCc1cnccc1Nc1ccc(Br)cc1. The molecule has 0 aliphatic carbocycles. The van der Waals surface area contributed by atoms with E-state index in [2.05, 4.69) is 26.2 Å². The van der Waals surface area contributed by atoms with Crippen LogP contribution in [0.15, 0.2) is 47.2 Å². The van der Waals surface area contributed by atoms with Gasteiger partial charge in [0.1, 0.15) is 0 Å². The predicted octanol–water partition coefficient (Wildman–Crippen LogP) is 3.05. The highest BCUT2D eigenvalue weighted by molar-refractivity contribution is 9.10. The van der Waals surface area contributed by atoms with Crippen LogP contribution >= 0.6 is 15.9 Å². The summed E-state index contributed by atoms with van der Waals surface area (Å²) in [5.74, 6) is 0. The first-order chi connectivity index (χ1) is 7.79. The van der Waals surface area contributed by atoms with Gasteiger partial charge >= 0.3 is 0 Å². The van der Waals surface area contributed by atoms with Crippen molar-refractivity contribution in [1.29, 1.82) is 0 Å². The Morgan fingerprint density at radius 3 is 2.62 bits per heavy atom. The van der Waals surface area contributed by atoms with Gasteiger partial charge in [-0.3, -0.25) is 4.98 Å². The Bertz CT molecular complexity index is 468. The van der Waals surface area contributed by atoms with E-state index in [-0.39, 0.29) is 0 Å². The van der Waals surface area contributed by atoms with Crippen molar-refractivity contribution < 1.29 is 0 Å². The van der Waals surface area contributed by atoms with Crippen LogP contribution in [-0.4, -0.2) is 4.98 Å². The molecule has 16 heavy (non-hydrogen) atoms. The third kappa shape index (κ3) is 2.59. The first-order valence-electron chi connectivity index (χ1n) is 4.95. The summed E-state index contributed by atoms with van der Waals surface area (Å²) in [5.41, 5.74) is 8.68. The van der Waals surface area contributed by atoms with Crippen LogP contribution in [0.3, 0.4) is 0 Å². The molecule has 0 atom stereocenters. The van der Waals surface area contributed by atoms with E-state index in [0.717, 1.165) is 21.4 Å². The molecule has 0 radical (unpaired) electrons. The molecule has 0 aliphatic heterocycles. The zero-order chi connectivity index (χ0) is 11.4. The topological polar surface area (TPSA) is 50.9 Å². The second-order valence-corrected chi connectivity index (χ2v) is 4.28. The molecule has 0 fully saturated rings. The molecule has 0 bridgehead atoms. The summed E-state index contributed by atoms with van der Waals surface area (Å²) in [6.07, 6.45) is 3.53. The highest BCUT2D eigenvalue weighted by atomic mass is 79.9. The van der Waals surface area contributed by atoms with Crippen LogP contribution in [0.25, 0.3) is 0 Å². The molecule has 0 unspecified atom stereocenters. The molecule has 3 N–H and O–H groups in total. The monoisotopic (exact) mass is 277 g/mol.